The molecule has 1 fully saturated rings. The second-order valence-corrected chi connectivity index (χ2v) is 9.20. The van der Waals surface area contributed by atoms with Gasteiger partial charge in [-0.1, -0.05) is 30.3 Å². The molecule has 3 aromatic rings. The molecule has 2 aromatic heterocycles. The average molecular weight is 374 g/mol. The van der Waals surface area contributed by atoms with Crippen molar-refractivity contribution in [1.82, 2.24) is 9.29 Å². The normalized spacial score (nSPS) is 21.8. The Morgan fingerprint density at radius 3 is 2.76 bits per heavy atom. The molecule has 3 heterocycles. The summed E-state index contributed by atoms with van der Waals surface area (Å²) < 4.78 is 28.6. The zero-order chi connectivity index (χ0) is 17.4. The minimum atomic E-state index is -3.57. The third-order valence-electron chi connectivity index (χ3n) is 4.85. The smallest absolute Gasteiger partial charge is 0.244 e. The lowest BCUT2D eigenvalue weighted by atomic mass is 9.89. The third-order valence-corrected chi connectivity index (χ3v) is 7.50. The van der Waals surface area contributed by atoms with E-state index in [-0.39, 0.29) is 16.7 Å². The maximum Gasteiger partial charge on any atom is 0.244 e. The number of thiophene rings is 1. The number of nitrogens with two attached hydrogens (primary N) is 1. The lowest BCUT2D eigenvalue weighted by Crippen LogP contribution is -2.30. The Bertz CT molecular complexity index is 986. The number of fused-ring (bicyclic) bond motifs is 1. The van der Waals surface area contributed by atoms with Crippen molar-refractivity contribution in [2.24, 2.45) is 11.7 Å². The molecule has 0 saturated carbocycles. The van der Waals surface area contributed by atoms with Crippen molar-refractivity contribution in [3.63, 3.8) is 0 Å². The van der Waals surface area contributed by atoms with Crippen LogP contribution in [0.5, 0.6) is 0 Å². The van der Waals surface area contributed by atoms with Crippen LogP contribution in [-0.4, -0.2) is 37.3 Å². The first-order valence-corrected chi connectivity index (χ1v) is 10.5. The van der Waals surface area contributed by atoms with Gasteiger partial charge >= 0.3 is 0 Å². The van der Waals surface area contributed by atoms with Crippen molar-refractivity contribution in [2.45, 2.75) is 10.8 Å². The van der Waals surface area contributed by atoms with Gasteiger partial charge in [0.1, 0.15) is 4.90 Å². The van der Waals surface area contributed by atoms with Gasteiger partial charge in [-0.05, 0) is 35.5 Å². The molecule has 25 heavy (non-hydrogen) atoms. The van der Waals surface area contributed by atoms with E-state index < -0.39 is 10.0 Å². The molecule has 1 aliphatic rings. The van der Waals surface area contributed by atoms with Crippen molar-refractivity contribution in [3.05, 3.63) is 59.6 Å². The lowest BCUT2D eigenvalue weighted by Gasteiger charge is -2.17. The Balaban J connectivity index is 1.66. The van der Waals surface area contributed by atoms with Crippen molar-refractivity contribution in [1.29, 1.82) is 0 Å². The molecule has 4 rings (SSSR count). The van der Waals surface area contributed by atoms with Gasteiger partial charge in [-0.2, -0.15) is 4.31 Å². The summed E-state index contributed by atoms with van der Waals surface area (Å²) in [7, 11) is -3.57. The molecule has 1 aliphatic heterocycles. The fourth-order valence-corrected chi connectivity index (χ4v) is 5.81. The van der Waals surface area contributed by atoms with Crippen LogP contribution in [0.2, 0.25) is 0 Å². The van der Waals surface area contributed by atoms with Crippen molar-refractivity contribution >= 4 is 31.6 Å². The van der Waals surface area contributed by atoms with Crippen LogP contribution in [-0.2, 0) is 10.0 Å². The van der Waals surface area contributed by atoms with Crippen molar-refractivity contribution in [2.75, 3.05) is 19.6 Å². The number of nitrogens with zero attached hydrogens (tertiary/aromatic N) is 2. The number of sulfonamides is 1. The van der Waals surface area contributed by atoms with Crippen LogP contribution in [0.3, 0.4) is 0 Å². The summed E-state index contributed by atoms with van der Waals surface area (Å²) in [5, 5.41) is 1.92. The minimum Gasteiger partial charge on any atom is -0.330 e. The Morgan fingerprint density at radius 2 is 2.00 bits per heavy atom. The van der Waals surface area contributed by atoms with E-state index in [1.54, 1.807) is 10.4 Å². The molecule has 0 spiro atoms. The van der Waals surface area contributed by atoms with Gasteiger partial charge in [-0.3, -0.25) is 4.98 Å². The van der Waals surface area contributed by atoms with E-state index in [0.29, 0.717) is 19.6 Å². The molecule has 0 radical (unpaired) electrons. The Labute approximate surface area is 151 Å². The highest BCUT2D eigenvalue weighted by atomic mass is 32.2. The van der Waals surface area contributed by atoms with E-state index in [2.05, 4.69) is 4.98 Å². The van der Waals surface area contributed by atoms with Gasteiger partial charge in [0.05, 0.1) is 10.2 Å². The number of benzene rings is 1. The minimum absolute atomic E-state index is 0.121. The summed E-state index contributed by atoms with van der Waals surface area (Å²) >= 11 is 1.50. The number of pyridine rings is 1. The fraction of sp³-hybridized carbons (Fsp3) is 0.278. The molecule has 1 aromatic carbocycles. The van der Waals surface area contributed by atoms with Crippen LogP contribution in [0.4, 0.5) is 0 Å². The largest absolute Gasteiger partial charge is 0.330 e. The second-order valence-electron chi connectivity index (χ2n) is 6.31. The van der Waals surface area contributed by atoms with E-state index in [4.69, 9.17) is 5.73 Å². The summed E-state index contributed by atoms with van der Waals surface area (Å²) in [5.74, 6) is 0.245. The van der Waals surface area contributed by atoms with Gasteiger partial charge in [0.2, 0.25) is 10.0 Å². The Kier molecular flexibility index (Phi) is 4.33. The second kappa shape index (κ2) is 6.49. The van der Waals surface area contributed by atoms with Crippen LogP contribution in [0, 0.1) is 5.92 Å². The standard InChI is InChI=1S/C18H19N3O2S2/c19-9-14-11-21(12-16(14)13-4-2-1-3-5-13)25(22,23)15-8-18-17(20-10-15)6-7-24-18/h1-8,10,14,16H,9,11-12,19H2/t14-,16+/m1/s1. The molecule has 2 atom stereocenters. The maximum absolute atomic E-state index is 13.1. The molecule has 130 valence electrons. The van der Waals surface area contributed by atoms with E-state index in [0.717, 1.165) is 15.8 Å². The molecule has 5 nitrogen and oxygen atoms in total. The predicted molar refractivity (Wildman–Crippen MR) is 100 cm³/mol. The van der Waals surface area contributed by atoms with Gasteiger partial charge in [-0.15, -0.1) is 11.3 Å². The first kappa shape index (κ1) is 16.7. The summed E-state index contributed by atoms with van der Waals surface area (Å²) in [6.07, 6.45) is 1.46. The molecular formula is C18H19N3O2S2. The quantitative estimate of drug-likeness (QED) is 0.763. The van der Waals surface area contributed by atoms with E-state index >= 15 is 0 Å². The fourth-order valence-electron chi connectivity index (χ4n) is 3.46. The first-order chi connectivity index (χ1) is 12.1. The molecule has 2 N–H and O–H groups in total. The Hall–Kier alpha value is -1.80. The van der Waals surface area contributed by atoms with E-state index in [1.807, 2.05) is 41.8 Å². The zero-order valence-electron chi connectivity index (χ0n) is 13.6. The molecule has 0 aliphatic carbocycles. The van der Waals surface area contributed by atoms with E-state index in [9.17, 15) is 8.42 Å². The zero-order valence-corrected chi connectivity index (χ0v) is 15.2. The average Bonchev–Trinajstić information content (AvgIpc) is 3.28. The summed E-state index contributed by atoms with van der Waals surface area (Å²) in [4.78, 5) is 4.53. The van der Waals surface area contributed by atoms with E-state index in [1.165, 1.54) is 17.5 Å². The Morgan fingerprint density at radius 1 is 1.20 bits per heavy atom. The molecule has 0 bridgehead atoms. The topological polar surface area (TPSA) is 76.3 Å². The summed E-state index contributed by atoms with van der Waals surface area (Å²) in [5.41, 5.74) is 7.90. The van der Waals surface area contributed by atoms with Crippen molar-refractivity contribution < 1.29 is 8.42 Å². The highest BCUT2D eigenvalue weighted by Crippen LogP contribution is 2.35. The third kappa shape index (κ3) is 2.97. The highest BCUT2D eigenvalue weighted by Gasteiger charge is 2.39. The van der Waals surface area contributed by atoms with Gasteiger partial charge < -0.3 is 5.73 Å². The number of aromatic nitrogens is 1. The molecule has 0 amide bonds. The van der Waals surface area contributed by atoms with Gasteiger partial charge in [0.25, 0.3) is 0 Å². The molecular weight excluding hydrogens is 354 g/mol. The SMILES string of the molecule is NC[C@@H]1CN(S(=O)(=O)c2cnc3ccsc3c2)C[C@H]1c1ccccc1. The molecule has 0 unspecified atom stereocenters. The lowest BCUT2D eigenvalue weighted by molar-refractivity contribution is 0.459. The van der Waals surface area contributed by atoms with Crippen LogP contribution >= 0.6 is 11.3 Å². The molecule has 7 heteroatoms. The van der Waals surface area contributed by atoms with Crippen LogP contribution in [0.1, 0.15) is 11.5 Å². The van der Waals surface area contributed by atoms with Crippen LogP contribution < -0.4 is 5.73 Å². The highest BCUT2D eigenvalue weighted by molar-refractivity contribution is 7.89. The van der Waals surface area contributed by atoms with Gasteiger partial charge in [-0.25, -0.2) is 8.42 Å². The van der Waals surface area contributed by atoms with Crippen LogP contribution in [0.15, 0.2) is 58.9 Å². The predicted octanol–water partition coefficient (Wildman–Crippen LogP) is 2.66. The number of hydrogen-bond donors (Lipinski definition) is 1. The van der Waals surface area contributed by atoms with Gasteiger partial charge in [0, 0.05) is 25.2 Å². The summed E-state index contributed by atoms with van der Waals surface area (Å²) in [6.45, 7) is 1.37. The monoisotopic (exact) mass is 373 g/mol. The summed E-state index contributed by atoms with van der Waals surface area (Å²) in [6, 6.07) is 13.6. The van der Waals surface area contributed by atoms with Crippen molar-refractivity contribution in [3.8, 4) is 0 Å². The number of hydrogen-bond acceptors (Lipinski definition) is 5. The maximum atomic E-state index is 13.1. The first-order valence-electron chi connectivity index (χ1n) is 8.18. The molecule has 1 saturated heterocycles. The van der Waals surface area contributed by atoms with Crippen LogP contribution in [0.25, 0.3) is 10.2 Å². The van der Waals surface area contributed by atoms with Gasteiger partial charge in [0.15, 0.2) is 0 Å². The number of rotatable bonds is 4.